The van der Waals surface area contributed by atoms with Crippen LogP contribution in [0.1, 0.15) is 22.3 Å². The Hall–Kier alpha value is -2.40. The van der Waals surface area contributed by atoms with E-state index in [0.717, 1.165) is 16.7 Å². The van der Waals surface area contributed by atoms with Crippen molar-refractivity contribution in [3.63, 3.8) is 0 Å². The van der Waals surface area contributed by atoms with Gasteiger partial charge in [0.15, 0.2) is 5.84 Å². The Labute approximate surface area is 123 Å². The van der Waals surface area contributed by atoms with Crippen LogP contribution < -0.4 is 11.1 Å². The summed E-state index contributed by atoms with van der Waals surface area (Å²) in [6, 6.07) is 12.1. The van der Waals surface area contributed by atoms with Gasteiger partial charge in [0.05, 0.1) is 0 Å². The molecule has 4 N–H and O–H groups in total. The molecule has 0 radical (unpaired) electrons. The van der Waals surface area contributed by atoms with Crippen molar-refractivity contribution in [1.82, 2.24) is 5.32 Å². The zero-order chi connectivity index (χ0) is 15.2. The third-order valence-electron chi connectivity index (χ3n) is 3.30. The lowest BCUT2D eigenvalue weighted by atomic mass is 10.0. The summed E-state index contributed by atoms with van der Waals surface area (Å²) in [6.45, 7) is 3.34. The number of nitrogens with zero attached hydrogens (tertiary/aromatic N) is 1. The van der Waals surface area contributed by atoms with Crippen LogP contribution in [0.2, 0.25) is 0 Å². The number of benzene rings is 2. The Bertz CT molecular complexity index is 638. The average molecular weight is 287 g/mol. The van der Waals surface area contributed by atoms with E-state index in [1.165, 1.54) is 12.1 Å². The summed E-state index contributed by atoms with van der Waals surface area (Å²) in [7, 11) is 0. The third-order valence-corrected chi connectivity index (χ3v) is 3.30. The standard InChI is InChI=1S/C16H18FN3O/c1-11-8-13(16(18)20-21)4-5-14(11)10-19-9-12-2-6-15(17)7-3-12/h2-8,19,21H,9-10H2,1H3,(H2,18,20). The van der Waals surface area contributed by atoms with Gasteiger partial charge in [-0.2, -0.15) is 0 Å². The van der Waals surface area contributed by atoms with E-state index in [2.05, 4.69) is 10.5 Å². The quantitative estimate of drug-likeness (QED) is 0.342. The van der Waals surface area contributed by atoms with E-state index in [4.69, 9.17) is 10.9 Å². The highest BCUT2D eigenvalue weighted by molar-refractivity contribution is 5.97. The van der Waals surface area contributed by atoms with Crippen molar-refractivity contribution >= 4 is 5.84 Å². The highest BCUT2D eigenvalue weighted by Gasteiger charge is 2.03. The molecule has 0 heterocycles. The van der Waals surface area contributed by atoms with Gasteiger partial charge in [0.2, 0.25) is 0 Å². The summed E-state index contributed by atoms with van der Waals surface area (Å²) >= 11 is 0. The Morgan fingerprint density at radius 2 is 1.90 bits per heavy atom. The molecule has 0 unspecified atom stereocenters. The predicted octanol–water partition coefficient (Wildman–Crippen LogP) is 2.52. The van der Waals surface area contributed by atoms with Crippen LogP contribution >= 0.6 is 0 Å². The molecule has 0 aliphatic carbocycles. The number of halogens is 1. The Morgan fingerprint density at radius 3 is 2.52 bits per heavy atom. The molecule has 0 aliphatic rings. The second kappa shape index (κ2) is 6.85. The molecule has 0 amide bonds. The number of rotatable bonds is 5. The molecular formula is C16H18FN3O. The van der Waals surface area contributed by atoms with Crippen LogP contribution in [0.5, 0.6) is 0 Å². The second-order valence-electron chi connectivity index (χ2n) is 4.86. The number of nitrogens with two attached hydrogens (primary N) is 1. The number of hydrogen-bond acceptors (Lipinski definition) is 3. The average Bonchev–Trinajstić information content (AvgIpc) is 2.50. The van der Waals surface area contributed by atoms with Gasteiger partial charge in [-0.25, -0.2) is 4.39 Å². The van der Waals surface area contributed by atoms with Gasteiger partial charge in [-0.05, 0) is 41.8 Å². The summed E-state index contributed by atoms with van der Waals surface area (Å²) in [6.07, 6.45) is 0. The molecule has 0 aliphatic heterocycles. The van der Waals surface area contributed by atoms with Crippen molar-refractivity contribution in [2.45, 2.75) is 20.0 Å². The van der Waals surface area contributed by atoms with Crippen molar-refractivity contribution in [2.75, 3.05) is 0 Å². The van der Waals surface area contributed by atoms with Crippen molar-refractivity contribution in [1.29, 1.82) is 0 Å². The molecule has 0 saturated carbocycles. The minimum absolute atomic E-state index is 0.101. The second-order valence-corrected chi connectivity index (χ2v) is 4.86. The summed E-state index contributed by atoms with van der Waals surface area (Å²) in [4.78, 5) is 0. The maximum Gasteiger partial charge on any atom is 0.170 e. The first-order chi connectivity index (χ1) is 10.1. The van der Waals surface area contributed by atoms with Crippen molar-refractivity contribution in [3.05, 3.63) is 70.5 Å². The normalized spacial score (nSPS) is 11.6. The summed E-state index contributed by atoms with van der Waals surface area (Å²) < 4.78 is 12.8. The molecule has 0 spiro atoms. The third kappa shape index (κ3) is 4.03. The maximum absolute atomic E-state index is 12.8. The van der Waals surface area contributed by atoms with Gasteiger partial charge < -0.3 is 16.3 Å². The van der Waals surface area contributed by atoms with Crippen LogP contribution in [0.4, 0.5) is 4.39 Å². The van der Waals surface area contributed by atoms with Gasteiger partial charge >= 0.3 is 0 Å². The van der Waals surface area contributed by atoms with Gasteiger partial charge in [0, 0.05) is 18.7 Å². The van der Waals surface area contributed by atoms with E-state index in [1.807, 2.05) is 25.1 Å². The van der Waals surface area contributed by atoms with Gasteiger partial charge in [-0.3, -0.25) is 0 Å². The summed E-state index contributed by atoms with van der Waals surface area (Å²) in [5.41, 5.74) is 9.47. The lowest BCUT2D eigenvalue weighted by Crippen LogP contribution is -2.16. The van der Waals surface area contributed by atoms with Crippen molar-refractivity contribution < 1.29 is 9.60 Å². The highest BCUT2D eigenvalue weighted by Crippen LogP contribution is 2.11. The number of oxime groups is 1. The van der Waals surface area contributed by atoms with E-state index in [-0.39, 0.29) is 11.7 Å². The Kier molecular flexibility index (Phi) is 4.90. The first-order valence-electron chi connectivity index (χ1n) is 6.62. The molecule has 0 atom stereocenters. The largest absolute Gasteiger partial charge is 0.409 e. The molecule has 110 valence electrons. The van der Waals surface area contributed by atoms with Crippen molar-refractivity contribution in [2.24, 2.45) is 10.9 Å². The maximum atomic E-state index is 12.8. The summed E-state index contributed by atoms with van der Waals surface area (Å²) in [5.74, 6) is -0.128. The fraction of sp³-hybridized carbons (Fsp3) is 0.188. The Morgan fingerprint density at radius 1 is 1.19 bits per heavy atom. The van der Waals surface area contributed by atoms with Crippen molar-refractivity contribution in [3.8, 4) is 0 Å². The first-order valence-corrected chi connectivity index (χ1v) is 6.62. The van der Waals surface area contributed by atoms with Crippen LogP contribution in [0, 0.1) is 12.7 Å². The van der Waals surface area contributed by atoms with Crippen LogP contribution in [-0.4, -0.2) is 11.0 Å². The Balaban J connectivity index is 1.96. The molecule has 2 rings (SSSR count). The van der Waals surface area contributed by atoms with E-state index in [1.54, 1.807) is 12.1 Å². The monoisotopic (exact) mass is 287 g/mol. The molecule has 0 aromatic heterocycles. The molecule has 0 fully saturated rings. The summed E-state index contributed by atoms with van der Waals surface area (Å²) in [5, 5.41) is 15.0. The first kappa shape index (κ1) is 15.0. The fourth-order valence-electron chi connectivity index (χ4n) is 2.06. The molecule has 2 aromatic rings. The van der Waals surface area contributed by atoms with E-state index in [0.29, 0.717) is 18.7 Å². The van der Waals surface area contributed by atoms with Gasteiger partial charge in [-0.15, -0.1) is 0 Å². The van der Waals surface area contributed by atoms with Gasteiger partial charge in [0.1, 0.15) is 5.82 Å². The van der Waals surface area contributed by atoms with E-state index < -0.39 is 0 Å². The zero-order valence-corrected chi connectivity index (χ0v) is 11.8. The van der Waals surface area contributed by atoms with E-state index in [9.17, 15) is 4.39 Å². The molecule has 0 saturated heterocycles. The molecule has 21 heavy (non-hydrogen) atoms. The molecular weight excluding hydrogens is 269 g/mol. The molecule has 4 nitrogen and oxygen atoms in total. The number of amidine groups is 1. The number of aryl methyl sites for hydroxylation is 1. The minimum Gasteiger partial charge on any atom is -0.409 e. The topological polar surface area (TPSA) is 70.6 Å². The fourth-order valence-corrected chi connectivity index (χ4v) is 2.06. The minimum atomic E-state index is -0.228. The molecule has 5 heteroatoms. The van der Waals surface area contributed by atoms with Gasteiger partial charge in [-0.1, -0.05) is 29.4 Å². The van der Waals surface area contributed by atoms with Crippen LogP contribution in [0.3, 0.4) is 0 Å². The van der Waals surface area contributed by atoms with Crippen LogP contribution in [0.15, 0.2) is 47.6 Å². The lowest BCUT2D eigenvalue weighted by molar-refractivity contribution is 0.318. The number of nitrogens with one attached hydrogen (secondary N) is 1. The zero-order valence-electron chi connectivity index (χ0n) is 11.8. The lowest BCUT2D eigenvalue weighted by Gasteiger charge is -2.09. The number of hydrogen-bond donors (Lipinski definition) is 3. The molecule has 0 bridgehead atoms. The van der Waals surface area contributed by atoms with Crippen LogP contribution in [-0.2, 0) is 13.1 Å². The SMILES string of the molecule is Cc1cc(/C(N)=N/O)ccc1CNCc1ccc(F)cc1. The molecule has 2 aromatic carbocycles. The predicted molar refractivity (Wildman–Crippen MR) is 80.6 cm³/mol. The van der Waals surface area contributed by atoms with Crippen LogP contribution in [0.25, 0.3) is 0 Å². The highest BCUT2D eigenvalue weighted by atomic mass is 19.1. The van der Waals surface area contributed by atoms with Gasteiger partial charge in [0.25, 0.3) is 0 Å². The van der Waals surface area contributed by atoms with E-state index >= 15 is 0 Å². The smallest absolute Gasteiger partial charge is 0.170 e.